The van der Waals surface area contributed by atoms with Crippen LogP contribution in [0.15, 0.2) is 52.9 Å². The summed E-state index contributed by atoms with van der Waals surface area (Å²) in [6.45, 7) is 6.22. The number of nitrogens with zero attached hydrogens (tertiary/aromatic N) is 2. The normalized spacial score (nSPS) is 13.1. The zero-order valence-electron chi connectivity index (χ0n) is 15.4. The Balaban J connectivity index is 1.86. The van der Waals surface area contributed by atoms with Gasteiger partial charge in [0.25, 0.3) is 0 Å². The van der Waals surface area contributed by atoms with Gasteiger partial charge in [0.05, 0.1) is 17.0 Å². The lowest BCUT2D eigenvalue weighted by Crippen LogP contribution is -2.06. The Bertz CT molecular complexity index is 898. The number of hydrogen-bond acceptors (Lipinski definition) is 3. The number of aromatic nitrogens is 2. The molecule has 3 nitrogen and oxygen atoms in total. The Morgan fingerprint density at radius 3 is 2.22 bits per heavy atom. The zero-order valence-corrected chi connectivity index (χ0v) is 15.4. The lowest BCUT2D eigenvalue weighted by Gasteiger charge is -2.10. The minimum Gasteiger partial charge on any atom is -0.420 e. The molecule has 3 rings (SSSR count). The second-order valence-electron chi connectivity index (χ2n) is 7.05. The molecule has 1 aromatic heterocycles. The van der Waals surface area contributed by atoms with Gasteiger partial charge in [-0.15, -0.1) is 10.2 Å². The van der Waals surface area contributed by atoms with Crippen molar-refractivity contribution in [3.63, 3.8) is 0 Å². The van der Waals surface area contributed by atoms with Gasteiger partial charge in [0, 0.05) is 0 Å². The van der Waals surface area contributed by atoms with Gasteiger partial charge in [0.1, 0.15) is 0 Å². The fourth-order valence-electron chi connectivity index (χ4n) is 2.99. The molecule has 3 aromatic rings. The van der Waals surface area contributed by atoms with Crippen molar-refractivity contribution in [3.8, 4) is 11.5 Å². The standard InChI is InChI=1S/C21H21F3N2O/c1-13(2)12-15-8-10-16(11-9-15)14(3)19-25-26-20(27-19)17-6-4-5-7-18(17)21(22,23)24/h4-11,13-14H,12H2,1-3H3. The quantitative estimate of drug-likeness (QED) is 0.541. The van der Waals surface area contributed by atoms with E-state index in [1.54, 1.807) is 0 Å². The highest BCUT2D eigenvalue weighted by atomic mass is 19.4. The van der Waals surface area contributed by atoms with Gasteiger partial charge in [-0.05, 0) is 42.5 Å². The second-order valence-corrected chi connectivity index (χ2v) is 7.05. The molecule has 0 aliphatic carbocycles. The summed E-state index contributed by atoms with van der Waals surface area (Å²) in [5, 5.41) is 7.83. The van der Waals surface area contributed by atoms with Crippen LogP contribution in [0.4, 0.5) is 13.2 Å². The Morgan fingerprint density at radius 1 is 0.926 bits per heavy atom. The van der Waals surface area contributed by atoms with E-state index in [0.717, 1.165) is 18.1 Å². The fraction of sp³-hybridized carbons (Fsp3) is 0.333. The summed E-state index contributed by atoms with van der Waals surface area (Å²) >= 11 is 0. The minimum atomic E-state index is -4.48. The maximum atomic E-state index is 13.2. The van der Waals surface area contributed by atoms with Crippen molar-refractivity contribution in [2.24, 2.45) is 5.92 Å². The van der Waals surface area contributed by atoms with Crippen LogP contribution < -0.4 is 0 Å². The van der Waals surface area contributed by atoms with Crippen molar-refractivity contribution in [1.29, 1.82) is 0 Å². The van der Waals surface area contributed by atoms with Crippen LogP contribution >= 0.6 is 0 Å². The first kappa shape index (κ1) is 19.1. The minimum absolute atomic E-state index is 0.108. The van der Waals surface area contributed by atoms with E-state index in [-0.39, 0.29) is 17.4 Å². The first-order chi connectivity index (χ1) is 12.8. The predicted octanol–water partition coefficient (Wildman–Crippen LogP) is 6.11. The highest BCUT2D eigenvalue weighted by Crippen LogP contribution is 2.37. The molecule has 6 heteroatoms. The molecule has 0 bridgehead atoms. The van der Waals surface area contributed by atoms with Crippen molar-refractivity contribution in [3.05, 3.63) is 71.1 Å². The van der Waals surface area contributed by atoms with Crippen LogP contribution in [0.1, 0.15) is 49.3 Å². The van der Waals surface area contributed by atoms with E-state index in [1.165, 1.54) is 23.8 Å². The molecule has 0 N–H and O–H groups in total. The van der Waals surface area contributed by atoms with Gasteiger partial charge in [-0.2, -0.15) is 13.2 Å². The molecular formula is C21H21F3N2O. The molecular weight excluding hydrogens is 353 g/mol. The highest BCUT2D eigenvalue weighted by molar-refractivity contribution is 5.59. The van der Waals surface area contributed by atoms with Crippen molar-refractivity contribution in [2.45, 2.75) is 39.3 Å². The summed E-state index contributed by atoms with van der Waals surface area (Å²) < 4.78 is 45.2. The third-order valence-electron chi connectivity index (χ3n) is 4.40. The van der Waals surface area contributed by atoms with Gasteiger partial charge in [-0.1, -0.05) is 50.2 Å². The molecule has 1 heterocycles. The van der Waals surface area contributed by atoms with Gasteiger partial charge in [-0.3, -0.25) is 0 Å². The Labute approximate surface area is 156 Å². The monoisotopic (exact) mass is 374 g/mol. The Morgan fingerprint density at radius 2 is 1.59 bits per heavy atom. The average Bonchev–Trinajstić information content (AvgIpc) is 3.10. The van der Waals surface area contributed by atoms with E-state index < -0.39 is 11.7 Å². The summed E-state index contributed by atoms with van der Waals surface area (Å²) in [4.78, 5) is 0. The molecule has 0 aliphatic heterocycles. The van der Waals surface area contributed by atoms with Crippen molar-refractivity contribution in [2.75, 3.05) is 0 Å². The Kier molecular flexibility index (Phi) is 5.35. The topological polar surface area (TPSA) is 38.9 Å². The van der Waals surface area contributed by atoms with Crippen molar-refractivity contribution < 1.29 is 17.6 Å². The predicted molar refractivity (Wildman–Crippen MR) is 97.2 cm³/mol. The summed E-state index contributed by atoms with van der Waals surface area (Å²) in [5.41, 5.74) is 1.32. The zero-order chi connectivity index (χ0) is 19.6. The number of benzene rings is 2. The van der Waals surface area contributed by atoms with E-state index in [2.05, 4.69) is 36.2 Å². The van der Waals surface area contributed by atoms with Crippen LogP contribution in [0.3, 0.4) is 0 Å². The van der Waals surface area contributed by atoms with E-state index in [9.17, 15) is 13.2 Å². The molecule has 0 saturated heterocycles. The van der Waals surface area contributed by atoms with Crippen LogP contribution in [-0.2, 0) is 12.6 Å². The first-order valence-electron chi connectivity index (χ1n) is 8.84. The molecule has 1 atom stereocenters. The van der Waals surface area contributed by atoms with Gasteiger partial charge in [-0.25, -0.2) is 0 Å². The maximum absolute atomic E-state index is 13.2. The lowest BCUT2D eigenvalue weighted by molar-refractivity contribution is -0.137. The molecule has 1 unspecified atom stereocenters. The molecule has 0 saturated carbocycles. The highest BCUT2D eigenvalue weighted by Gasteiger charge is 2.35. The molecule has 0 radical (unpaired) electrons. The van der Waals surface area contributed by atoms with Gasteiger partial charge < -0.3 is 4.42 Å². The van der Waals surface area contributed by atoms with Crippen LogP contribution in [0.2, 0.25) is 0 Å². The average molecular weight is 374 g/mol. The Hall–Kier alpha value is -2.63. The first-order valence-corrected chi connectivity index (χ1v) is 8.84. The lowest BCUT2D eigenvalue weighted by atomic mass is 9.97. The summed E-state index contributed by atoms with van der Waals surface area (Å²) in [5.74, 6) is 0.526. The van der Waals surface area contributed by atoms with Crippen LogP contribution in [0, 0.1) is 5.92 Å². The van der Waals surface area contributed by atoms with Gasteiger partial charge >= 0.3 is 6.18 Å². The summed E-state index contributed by atoms with van der Waals surface area (Å²) in [7, 11) is 0. The maximum Gasteiger partial charge on any atom is 0.417 e. The van der Waals surface area contributed by atoms with E-state index in [4.69, 9.17) is 4.42 Å². The van der Waals surface area contributed by atoms with E-state index in [0.29, 0.717) is 11.8 Å². The van der Waals surface area contributed by atoms with Crippen molar-refractivity contribution >= 4 is 0 Å². The van der Waals surface area contributed by atoms with Crippen LogP contribution in [0.5, 0.6) is 0 Å². The molecule has 142 valence electrons. The van der Waals surface area contributed by atoms with Gasteiger partial charge in [0.15, 0.2) is 0 Å². The second kappa shape index (κ2) is 7.55. The SMILES string of the molecule is CC(C)Cc1ccc(C(C)c2nnc(-c3ccccc3C(F)(F)F)o2)cc1. The van der Waals surface area contributed by atoms with E-state index >= 15 is 0 Å². The molecule has 27 heavy (non-hydrogen) atoms. The number of rotatable bonds is 5. The number of hydrogen-bond donors (Lipinski definition) is 0. The van der Waals surface area contributed by atoms with Gasteiger partial charge in [0.2, 0.25) is 11.8 Å². The molecule has 2 aromatic carbocycles. The number of alkyl halides is 3. The molecule has 0 aliphatic rings. The van der Waals surface area contributed by atoms with E-state index in [1.807, 2.05) is 19.1 Å². The largest absolute Gasteiger partial charge is 0.420 e. The van der Waals surface area contributed by atoms with Crippen LogP contribution in [0.25, 0.3) is 11.5 Å². The molecule has 0 amide bonds. The van der Waals surface area contributed by atoms with Crippen molar-refractivity contribution in [1.82, 2.24) is 10.2 Å². The molecule has 0 fully saturated rings. The smallest absolute Gasteiger partial charge is 0.417 e. The van der Waals surface area contributed by atoms with Crippen LogP contribution in [-0.4, -0.2) is 10.2 Å². The summed E-state index contributed by atoms with van der Waals surface area (Å²) in [6, 6.07) is 13.3. The third-order valence-corrected chi connectivity index (χ3v) is 4.40. The third kappa shape index (κ3) is 4.38. The molecule has 0 spiro atoms. The number of halogens is 3. The summed E-state index contributed by atoms with van der Waals surface area (Å²) in [6.07, 6.45) is -3.49. The fourth-order valence-corrected chi connectivity index (χ4v) is 2.99.